The maximum atomic E-state index is 3.23. The second kappa shape index (κ2) is 14.3. The van der Waals surface area contributed by atoms with Crippen molar-refractivity contribution in [2.75, 3.05) is 0 Å². The number of hydrogen-bond donors (Lipinski definition) is 0. The van der Waals surface area contributed by atoms with Gasteiger partial charge in [0.15, 0.2) is 0 Å². The first kappa shape index (κ1) is 15.3. The summed E-state index contributed by atoms with van der Waals surface area (Å²) in [7, 11) is 0. The van der Waals surface area contributed by atoms with Crippen LogP contribution >= 0.6 is 0 Å². The highest BCUT2D eigenvalue weighted by atomic mass is 13.9. The van der Waals surface area contributed by atoms with Crippen molar-refractivity contribution in [1.82, 2.24) is 0 Å². The third-order valence-electron chi connectivity index (χ3n) is 2.64. The van der Waals surface area contributed by atoms with Crippen molar-refractivity contribution < 1.29 is 0 Å². The summed E-state index contributed by atoms with van der Waals surface area (Å²) in [4.78, 5) is 0. The van der Waals surface area contributed by atoms with E-state index in [9.17, 15) is 0 Å². The molecule has 92 valence electrons. The van der Waals surface area contributed by atoms with Crippen molar-refractivity contribution in [2.45, 2.75) is 78.1 Å². The Morgan fingerprint density at radius 3 is 2.25 bits per heavy atom. The molecule has 0 heterocycles. The van der Waals surface area contributed by atoms with Crippen LogP contribution in [-0.4, -0.2) is 0 Å². The smallest absolute Gasteiger partial charge is 0.0269 e. The van der Waals surface area contributed by atoms with E-state index >= 15 is 0 Å². The largest absolute Gasteiger partial charge is 0.103 e. The van der Waals surface area contributed by atoms with Crippen LogP contribution in [0.3, 0.4) is 0 Å². The molecule has 0 amide bonds. The Balaban J connectivity index is 3.19. The van der Waals surface area contributed by atoms with Gasteiger partial charge in [0.25, 0.3) is 0 Å². The lowest BCUT2D eigenvalue weighted by Gasteiger charge is -1.93. The molecular weight excluding hydrogens is 192 g/mol. The average molecular weight is 220 g/mol. The molecule has 0 atom stereocenters. The van der Waals surface area contributed by atoms with Crippen molar-refractivity contribution in [3.05, 3.63) is 12.2 Å². The van der Waals surface area contributed by atoms with Crippen LogP contribution in [-0.2, 0) is 0 Å². The second-order valence-electron chi connectivity index (χ2n) is 4.34. The van der Waals surface area contributed by atoms with E-state index in [4.69, 9.17) is 0 Å². The van der Waals surface area contributed by atoms with Crippen LogP contribution in [0, 0.1) is 11.8 Å². The molecule has 0 aromatic carbocycles. The number of unbranched alkanes of at least 4 members (excludes halogenated alkanes) is 7. The van der Waals surface area contributed by atoms with Gasteiger partial charge < -0.3 is 0 Å². The SMILES string of the molecule is CCCCCC#CCC=CCCCCCC. The minimum atomic E-state index is 0.944. The summed E-state index contributed by atoms with van der Waals surface area (Å²) < 4.78 is 0. The predicted octanol–water partition coefficient (Wildman–Crippen LogP) is 5.49. The van der Waals surface area contributed by atoms with Crippen molar-refractivity contribution in [3.63, 3.8) is 0 Å². The Bertz CT molecular complexity index is 202. The van der Waals surface area contributed by atoms with E-state index in [2.05, 4.69) is 37.8 Å². The summed E-state index contributed by atoms with van der Waals surface area (Å²) in [6, 6.07) is 0. The quantitative estimate of drug-likeness (QED) is 0.274. The fourth-order valence-corrected chi connectivity index (χ4v) is 1.57. The highest BCUT2D eigenvalue weighted by molar-refractivity contribution is 5.04. The Labute approximate surface area is 103 Å². The van der Waals surface area contributed by atoms with Gasteiger partial charge in [0, 0.05) is 12.8 Å². The predicted molar refractivity (Wildman–Crippen MR) is 74.4 cm³/mol. The Hall–Kier alpha value is -0.700. The van der Waals surface area contributed by atoms with Gasteiger partial charge in [-0.05, 0) is 19.3 Å². The van der Waals surface area contributed by atoms with E-state index < -0.39 is 0 Å². The molecule has 0 bridgehead atoms. The van der Waals surface area contributed by atoms with Crippen molar-refractivity contribution in [2.24, 2.45) is 0 Å². The summed E-state index contributed by atoms with van der Waals surface area (Å²) in [5, 5.41) is 0. The van der Waals surface area contributed by atoms with Gasteiger partial charge in [-0.3, -0.25) is 0 Å². The molecule has 0 aromatic rings. The number of hydrogen-bond acceptors (Lipinski definition) is 0. The fraction of sp³-hybridized carbons (Fsp3) is 0.750. The molecule has 0 spiro atoms. The number of allylic oxidation sites excluding steroid dienone is 2. The molecule has 0 radical (unpaired) electrons. The van der Waals surface area contributed by atoms with Gasteiger partial charge in [-0.25, -0.2) is 0 Å². The van der Waals surface area contributed by atoms with Gasteiger partial charge in [0.05, 0.1) is 0 Å². The molecule has 0 saturated carbocycles. The normalized spacial score (nSPS) is 10.4. The lowest BCUT2D eigenvalue weighted by atomic mass is 10.1. The molecule has 16 heavy (non-hydrogen) atoms. The number of rotatable bonds is 9. The van der Waals surface area contributed by atoms with E-state index in [-0.39, 0.29) is 0 Å². The Kier molecular flexibility index (Phi) is 13.7. The first-order valence-electron chi connectivity index (χ1n) is 7.02. The molecule has 0 nitrogen and oxygen atoms in total. The minimum absolute atomic E-state index is 0.944. The molecule has 0 fully saturated rings. The topological polar surface area (TPSA) is 0 Å². The summed E-state index contributed by atoms with van der Waals surface area (Å²) in [5.41, 5.74) is 0. The summed E-state index contributed by atoms with van der Waals surface area (Å²) in [6.45, 7) is 4.48. The minimum Gasteiger partial charge on any atom is -0.103 e. The summed E-state index contributed by atoms with van der Waals surface area (Å²) in [5.74, 6) is 6.44. The van der Waals surface area contributed by atoms with Gasteiger partial charge >= 0.3 is 0 Å². The third kappa shape index (κ3) is 13.3. The Morgan fingerprint density at radius 2 is 1.50 bits per heavy atom. The van der Waals surface area contributed by atoms with Crippen LogP contribution in [0.15, 0.2) is 12.2 Å². The van der Waals surface area contributed by atoms with E-state index in [1.165, 1.54) is 51.4 Å². The van der Waals surface area contributed by atoms with Crippen LogP contribution in [0.2, 0.25) is 0 Å². The molecule has 0 rings (SSSR count). The monoisotopic (exact) mass is 220 g/mol. The molecule has 0 heteroatoms. The van der Waals surface area contributed by atoms with Crippen LogP contribution in [0.1, 0.15) is 78.1 Å². The maximum Gasteiger partial charge on any atom is 0.0269 e. The zero-order valence-electron chi connectivity index (χ0n) is 11.2. The molecule has 0 aliphatic heterocycles. The first-order chi connectivity index (χ1) is 7.91. The van der Waals surface area contributed by atoms with Crippen LogP contribution in [0.25, 0.3) is 0 Å². The van der Waals surface area contributed by atoms with E-state index in [1.54, 1.807) is 0 Å². The van der Waals surface area contributed by atoms with E-state index in [0.29, 0.717) is 0 Å². The summed E-state index contributed by atoms with van der Waals surface area (Å²) in [6.07, 6.45) is 17.1. The fourth-order valence-electron chi connectivity index (χ4n) is 1.57. The summed E-state index contributed by atoms with van der Waals surface area (Å²) >= 11 is 0. The average Bonchev–Trinajstić information content (AvgIpc) is 2.31. The van der Waals surface area contributed by atoms with Gasteiger partial charge in [0.2, 0.25) is 0 Å². The van der Waals surface area contributed by atoms with Crippen LogP contribution in [0.5, 0.6) is 0 Å². The standard InChI is InChI=1S/C16H28/c1-3-5-7-9-11-13-15-16-14-12-10-8-6-4-2/h13,15H,3-11,16H2,1-2H3. The maximum absolute atomic E-state index is 3.23. The molecule has 0 unspecified atom stereocenters. The van der Waals surface area contributed by atoms with E-state index in [1.807, 2.05) is 0 Å². The molecule has 0 N–H and O–H groups in total. The van der Waals surface area contributed by atoms with Crippen molar-refractivity contribution >= 4 is 0 Å². The van der Waals surface area contributed by atoms with Gasteiger partial charge in [-0.15, -0.1) is 5.92 Å². The van der Waals surface area contributed by atoms with Crippen molar-refractivity contribution in [1.29, 1.82) is 0 Å². The van der Waals surface area contributed by atoms with E-state index in [0.717, 1.165) is 12.8 Å². The zero-order valence-corrected chi connectivity index (χ0v) is 11.2. The van der Waals surface area contributed by atoms with Gasteiger partial charge in [0.1, 0.15) is 0 Å². The van der Waals surface area contributed by atoms with Gasteiger partial charge in [-0.1, -0.05) is 64.0 Å². The lowest BCUT2D eigenvalue weighted by Crippen LogP contribution is -1.73. The third-order valence-corrected chi connectivity index (χ3v) is 2.64. The lowest BCUT2D eigenvalue weighted by molar-refractivity contribution is 0.674. The molecule has 0 aromatic heterocycles. The molecule has 0 saturated heterocycles. The first-order valence-corrected chi connectivity index (χ1v) is 7.02. The van der Waals surface area contributed by atoms with Crippen LogP contribution < -0.4 is 0 Å². The Morgan fingerprint density at radius 1 is 0.750 bits per heavy atom. The van der Waals surface area contributed by atoms with Crippen LogP contribution in [0.4, 0.5) is 0 Å². The second-order valence-corrected chi connectivity index (χ2v) is 4.34. The molecular formula is C16H28. The van der Waals surface area contributed by atoms with Crippen molar-refractivity contribution in [3.8, 4) is 11.8 Å². The molecule has 0 aliphatic carbocycles. The zero-order chi connectivity index (χ0) is 11.9. The highest BCUT2D eigenvalue weighted by Crippen LogP contribution is 2.03. The van der Waals surface area contributed by atoms with Gasteiger partial charge in [-0.2, -0.15) is 0 Å². The highest BCUT2D eigenvalue weighted by Gasteiger charge is 1.83. The molecule has 0 aliphatic rings.